The maximum Gasteiger partial charge on any atom is 0.260 e. The molecule has 0 unspecified atom stereocenters. The van der Waals surface area contributed by atoms with Gasteiger partial charge in [-0.25, -0.2) is 4.98 Å². The van der Waals surface area contributed by atoms with Crippen molar-refractivity contribution in [3.05, 3.63) is 41.6 Å². The lowest BCUT2D eigenvalue weighted by molar-refractivity contribution is 0.102. The molecule has 1 N–H and O–H groups in total. The van der Waals surface area contributed by atoms with Gasteiger partial charge in [0.25, 0.3) is 5.91 Å². The minimum absolute atomic E-state index is 0.312. The van der Waals surface area contributed by atoms with Gasteiger partial charge in [0, 0.05) is 6.20 Å². The lowest BCUT2D eigenvalue weighted by Gasteiger charge is -2.15. The summed E-state index contributed by atoms with van der Waals surface area (Å²) in [6.07, 6.45) is 1.68. The molecule has 1 heterocycles. The molecule has 6 nitrogen and oxygen atoms in total. The van der Waals surface area contributed by atoms with Crippen molar-refractivity contribution in [1.82, 2.24) is 4.98 Å². The number of ether oxygens (including phenoxy) is 3. The summed E-state index contributed by atoms with van der Waals surface area (Å²) in [5.41, 5.74) is 1.35. The number of carbonyl (C=O) groups excluding carboxylic acids is 1. The zero-order valence-electron chi connectivity index (χ0n) is 13.0. The van der Waals surface area contributed by atoms with Gasteiger partial charge in [-0.1, -0.05) is 6.07 Å². The topological polar surface area (TPSA) is 69.7 Å². The van der Waals surface area contributed by atoms with Crippen LogP contribution in [0.4, 0.5) is 5.82 Å². The van der Waals surface area contributed by atoms with Crippen LogP contribution in [0.1, 0.15) is 15.9 Å². The van der Waals surface area contributed by atoms with Crippen LogP contribution in [-0.2, 0) is 0 Å². The average Bonchev–Trinajstić information content (AvgIpc) is 2.55. The Balaban J connectivity index is 2.34. The SMILES string of the molecule is COc1ccc(C(=O)Nc2ccc(C)cn2)c(OC)c1OC. The number of carbonyl (C=O) groups is 1. The van der Waals surface area contributed by atoms with Gasteiger partial charge in [0.05, 0.1) is 26.9 Å². The number of hydrogen-bond donors (Lipinski definition) is 1. The quantitative estimate of drug-likeness (QED) is 0.919. The minimum atomic E-state index is -0.339. The molecular formula is C16H18N2O4. The Morgan fingerprint density at radius 2 is 1.73 bits per heavy atom. The Morgan fingerprint density at radius 1 is 1.00 bits per heavy atom. The fourth-order valence-corrected chi connectivity index (χ4v) is 2.01. The van der Waals surface area contributed by atoms with Crippen molar-refractivity contribution in [3.8, 4) is 17.2 Å². The van der Waals surface area contributed by atoms with Gasteiger partial charge in [-0.3, -0.25) is 4.79 Å². The summed E-state index contributed by atoms with van der Waals surface area (Å²) in [7, 11) is 4.48. The van der Waals surface area contributed by atoms with Crippen molar-refractivity contribution in [3.63, 3.8) is 0 Å². The van der Waals surface area contributed by atoms with E-state index in [9.17, 15) is 4.79 Å². The van der Waals surface area contributed by atoms with Gasteiger partial charge in [-0.15, -0.1) is 0 Å². The molecule has 0 saturated carbocycles. The molecule has 0 bridgehead atoms. The van der Waals surface area contributed by atoms with Gasteiger partial charge in [0.1, 0.15) is 5.82 Å². The second-order valence-corrected chi connectivity index (χ2v) is 4.56. The van der Waals surface area contributed by atoms with Crippen molar-refractivity contribution in [2.75, 3.05) is 26.6 Å². The van der Waals surface area contributed by atoms with Crippen molar-refractivity contribution < 1.29 is 19.0 Å². The van der Waals surface area contributed by atoms with Crippen LogP contribution < -0.4 is 19.5 Å². The molecule has 0 radical (unpaired) electrons. The molecule has 2 aromatic rings. The minimum Gasteiger partial charge on any atom is -0.493 e. The predicted molar refractivity (Wildman–Crippen MR) is 83.0 cm³/mol. The Kier molecular flexibility index (Phi) is 4.83. The number of hydrogen-bond acceptors (Lipinski definition) is 5. The number of nitrogens with zero attached hydrogens (tertiary/aromatic N) is 1. The third kappa shape index (κ3) is 3.11. The Hall–Kier alpha value is -2.76. The summed E-state index contributed by atoms with van der Waals surface area (Å²) < 4.78 is 15.8. The van der Waals surface area contributed by atoms with E-state index in [0.717, 1.165) is 5.56 Å². The number of amides is 1. The van der Waals surface area contributed by atoms with E-state index >= 15 is 0 Å². The summed E-state index contributed by atoms with van der Waals surface area (Å²) in [5, 5.41) is 2.72. The van der Waals surface area contributed by atoms with E-state index in [1.54, 1.807) is 24.4 Å². The monoisotopic (exact) mass is 302 g/mol. The van der Waals surface area contributed by atoms with Gasteiger partial charge in [0.2, 0.25) is 5.75 Å². The van der Waals surface area contributed by atoms with Gasteiger partial charge >= 0.3 is 0 Å². The number of methoxy groups -OCH3 is 3. The van der Waals surface area contributed by atoms with E-state index in [4.69, 9.17) is 14.2 Å². The zero-order chi connectivity index (χ0) is 16.1. The van der Waals surface area contributed by atoms with Gasteiger partial charge < -0.3 is 19.5 Å². The number of benzene rings is 1. The largest absolute Gasteiger partial charge is 0.493 e. The highest BCUT2D eigenvalue weighted by Crippen LogP contribution is 2.39. The van der Waals surface area contributed by atoms with E-state index in [-0.39, 0.29) is 5.91 Å². The Labute approximate surface area is 129 Å². The average molecular weight is 302 g/mol. The number of nitrogens with one attached hydrogen (secondary N) is 1. The van der Waals surface area contributed by atoms with Crippen LogP contribution in [0.15, 0.2) is 30.5 Å². The first-order valence-electron chi connectivity index (χ1n) is 6.63. The number of anilines is 1. The van der Waals surface area contributed by atoms with E-state index in [1.165, 1.54) is 21.3 Å². The smallest absolute Gasteiger partial charge is 0.260 e. The summed E-state index contributed by atoms with van der Waals surface area (Å²) in [5.74, 6) is 1.30. The number of aromatic nitrogens is 1. The molecule has 1 amide bonds. The number of pyridine rings is 1. The van der Waals surface area contributed by atoms with Crippen LogP contribution in [0.3, 0.4) is 0 Å². The lowest BCUT2D eigenvalue weighted by Crippen LogP contribution is -2.14. The Morgan fingerprint density at radius 3 is 2.27 bits per heavy atom. The normalized spacial score (nSPS) is 10.0. The van der Waals surface area contributed by atoms with Crippen molar-refractivity contribution in [2.45, 2.75) is 6.92 Å². The molecule has 1 aromatic heterocycles. The van der Waals surface area contributed by atoms with Crippen LogP contribution >= 0.6 is 0 Å². The van der Waals surface area contributed by atoms with Gasteiger partial charge in [-0.2, -0.15) is 0 Å². The summed E-state index contributed by atoms with van der Waals surface area (Å²) in [6.45, 7) is 1.93. The van der Waals surface area contributed by atoms with Gasteiger partial charge in [0.15, 0.2) is 11.5 Å². The van der Waals surface area contributed by atoms with E-state index in [2.05, 4.69) is 10.3 Å². The predicted octanol–water partition coefficient (Wildman–Crippen LogP) is 2.67. The van der Waals surface area contributed by atoms with Crippen molar-refractivity contribution in [2.24, 2.45) is 0 Å². The number of aryl methyl sites for hydroxylation is 1. The van der Waals surface area contributed by atoms with E-state index in [0.29, 0.717) is 28.6 Å². The first-order chi connectivity index (χ1) is 10.6. The zero-order valence-corrected chi connectivity index (χ0v) is 13.0. The molecular weight excluding hydrogens is 284 g/mol. The highest BCUT2D eigenvalue weighted by molar-refractivity contribution is 6.06. The van der Waals surface area contributed by atoms with E-state index < -0.39 is 0 Å². The maximum atomic E-state index is 12.4. The summed E-state index contributed by atoms with van der Waals surface area (Å²) in [6, 6.07) is 6.87. The van der Waals surface area contributed by atoms with Crippen molar-refractivity contribution >= 4 is 11.7 Å². The van der Waals surface area contributed by atoms with Crippen LogP contribution in [0.2, 0.25) is 0 Å². The van der Waals surface area contributed by atoms with Gasteiger partial charge in [-0.05, 0) is 30.7 Å². The molecule has 6 heteroatoms. The molecule has 0 saturated heterocycles. The van der Waals surface area contributed by atoms with Crippen LogP contribution in [0, 0.1) is 6.92 Å². The highest BCUT2D eigenvalue weighted by atomic mass is 16.5. The van der Waals surface area contributed by atoms with Crippen LogP contribution in [0.5, 0.6) is 17.2 Å². The fourth-order valence-electron chi connectivity index (χ4n) is 2.01. The van der Waals surface area contributed by atoms with Crippen LogP contribution in [0.25, 0.3) is 0 Å². The second kappa shape index (κ2) is 6.80. The first kappa shape index (κ1) is 15.6. The molecule has 0 aliphatic heterocycles. The maximum absolute atomic E-state index is 12.4. The second-order valence-electron chi connectivity index (χ2n) is 4.56. The fraction of sp³-hybridized carbons (Fsp3) is 0.250. The molecule has 2 rings (SSSR count). The highest BCUT2D eigenvalue weighted by Gasteiger charge is 2.20. The molecule has 0 atom stereocenters. The summed E-state index contributed by atoms with van der Waals surface area (Å²) >= 11 is 0. The molecule has 0 fully saturated rings. The van der Waals surface area contributed by atoms with Crippen molar-refractivity contribution in [1.29, 1.82) is 0 Å². The summed E-state index contributed by atoms with van der Waals surface area (Å²) in [4.78, 5) is 16.6. The van der Waals surface area contributed by atoms with E-state index in [1.807, 2.05) is 13.0 Å². The molecule has 0 aliphatic carbocycles. The molecule has 0 aliphatic rings. The third-order valence-electron chi connectivity index (χ3n) is 3.10. The third-order valence-corrected chi connectivity index (χ3v) is 3.10. The molecule has 116 valence electrons. The first-order valence-corrected chi connectivity index (χ1v) is 6.63. The molecule has 1 aromatic carbocycles. The van der Waals surface area contributed by atoms with Crippen LogP contribution in [-0.4, -0.2) is 32.2 Å². The lowest BCUT2D eigenvalue weighted by atomic mass is 10.1. The Bertz CT molecular complexity index is 669. The standard InChI is InChI=1S/C16H18N2O4/c1-10-5-8-13(17-9-10)18-16(19)11-6-7-12(20-2)15(22-4)14(11)21-3/h5-9H,1-4H3,(H,17,18,19). The number of rotatable bonds is 5. The molecule has 22 heavy (non-hydrogen) atoms. The molecule has 0 spiro atoms.